The molecular weight excluding hydrogens is 260 g/mol. The lowest BCUT2D eigenvalue weighted by atomic mass is 9.99. The zero-order valence-electron chi connectivity index (χ0n) is 13.8. The molecule has 1 aromatic rings. The summed E-state index contributed by atoms with van der Waals surface area (Å²) < 4.78 is 5.98. The van der Waals surface area contributed by atoms with Crippen LogP contribution in [-0.4, -0.2) is 32.8 Å². The Kier molecular flexibility index (Phi) is 6.52. The topological polar surface area (TPSA) is 24.5 Å². The molecule has 1 fully saturated rings. The van der Waals surface area contributed by atoms with Gasteiger partial charge in [0.15, 0.2) is 0 Å². The summed E-state index contributed by atoms with van der Waals surface area (Å²) in [6.45, 7) is 7.46. The quantitative estimate of drug-likeness (QED) is 0.827. The third-order valence-electron chi connectivity index (χ3n) is 4.35. The minimum atomic E-state index is 0.390. The van der Waals surface area contributed by atoms with Crippen LogP contribution in [0, 0.1) is 0 Å². The maximum atomic E-state index is 5.98. The molecule has 0 aliphatic carbocycles. The first-order valence-electron chi connectivity index (χ1n) is 8.42. The molecule has 0 spiro atoms. The van der Waals surface area contributed by atoms with E-state index in [1.54, 1.807) is 0 Å². The molecule has 1 aromatic carbocycles. The van der Waals surface area contributed by atoms with Crippen LogP contribution in [0.2, 0.25) is 0 Å². The summed E-state index contributed by atoms with van der Waals surface area (Å²) in [4.78, 5) is 2.51. The fraction of sp³-hybridized carbons (Fsp3) is 0.667. The van der Waals surface area contributed by atoms with Gasteiger partial charge in [0.2, 0.25) is 0 Å². The van der Waals surface area contributed by atoms with Crippen LogP contribution in [-0.2, 0) is 4.74 Å². The molecule has 2 rings (SSSR count). The number of para-hydroxylation sites is 1. The van der Waals surface area contributed by atoms with Gasteiger partial charge in [0.05, 0.1) is 6.10 Å². The van der Waals surface area contributed by atoms with Crippen LogP contribution < -0.4 is 10.2 Å². The summed E-state index contributed by atoms with van der Waals surface area (Å²) >= 11 is 0. The van der Waals surface area contributed by atoms with Crippen molar-refractivity contribution < 1.29 is 4.74 Å². The second-order valence-electron chi connectivity index (χ2n) is 5.89. The lowest BCUT2D eigenvalue weighted by Crippen LogP contribution is -2.40. The molecule has 0 saturated carbocycles. The average Bonchev–Trinajstić information content (AvgIpc) is 2.55. The molecule has 0 amide bonds. The highest BCUT2D eigenvalue weighted by atomic mass is 16.5. The van der Waals surface area contributed by atoms with Gasteiger partial charge < -0.3 is 15.0 Å². The Morgan fingerprint density at radius 1 is 1.33 bits per heavy atom. The summed E-state index contributed by atoms with van der Waals surface area (Å²) in [5.41, 5.74) is 2.79. The number of ether oxygens (including phenoxy) is 1. The van der Waals surface area contributed by atoms with Crippen molar-refractivity contribution >= 4 is 5.69 Å². The molecule has 1 aliphatic heterocycles. The van der Waals surface area contributed by atoms with E-state index in [1.165, 1.54) is 24.1 Å². The zero-order valence-corrected chi connectivity index (χ0v) is 13.8. The second-order valence-corrected chi connectivity index (χ2v) is 5.89. The number of nitrogens with one attached hydrogen (secondary N) is 1. The summed E-state index contributed by atoms with van der Waals surface area (Å²) in [5, 5.41) is 3.44. The van der Waals surface area contributed by atoms with Crippen molar-refractivity contribution in [2.45, 2.75) is 51.7 Å². The van der Waals surface area contributed by atoms with Crippen molar-refractivity contribution in [1.82, 2.24) is 5.32 Å². The molecule has 0 bridgehead atoms. The Labute approximate surface area is 129 Å². The molecule has 2 unspecified atom stereocenters. The monoisotopic (exact) mass is 290 g/mol. The van der Waals surface area contributed by atoms with E-state index in [2.05, 4.69) is 48.3 Å². The van der Waals surface area contributed by atoms with E-state index < -0.39 is 0 Å². The number of piperidine rings is 1. The van der Waals surface area contributed by atoms with E-state index in [0.717, 1.165) is 32.5 Å². The molecule has 1 saturated heterocycles. The smallest absolute Gasteiger partial charge is 0.0750 e. The summed E-state index contributed by atoms with van der Waals surface area (Å²) in [6.07, 6.45) is 5.02. The van der Waals surface area contributed by atoms with Crippen LogP contribution in [0.4, 0.5) is 5.69 Å². The molecule has 21 heavy (non-hydrogen) atoms. The van der Waals surface area contributed by atoms with Crippen LogP contribution in [0.5, 0.6) is 0 Å². The summed E-state index contributed by atoms with van der Waals surface area (Å²) in [7, 11) is 2.05. The number of rotatable bonds is 7. The average molecular weight is 290 g/mol. The molecule has 2 atom stereocenters. The third-order valence-corrected chi connectivity index (χ3v) is 4.35. The Morgan fingerprint density at radius 3 is 2.86 bits per heavy atom. The van der Waals surface area contributed by atoms with E-state index in [4.69, 9.17) is 4.74 Å². The van der Waals surface area contributed by atoms with E-state index in [0.29, 0.717) is 12.1 Å². The number of benzene rings is 1. The maximum Gasteiger partial charge on any atom is 0.0750 e. The maximum absolute atomic E-state index is 5.98. The Bertz CT molecular complexity index is 417. The first-order chi connectivity index (χ1) is 10.3. The van der Waals surface area contributed by atoms with E-state index in [1.807, 2.05) is 7.05 Å². The van der Waals surface area contributed by atoms with Gasteiger partial charge >= 0.3 is 0 Å². The molecule has 1 aliphatic rings. The van der Waals surface area contributed by atoms with Gasteiger partial charge in [-0.15, -0.1) is 0 Å². The van der Waals surface area contributed by atoms with Gasteiger partial charge in [-0.05, 0) is 44.4 Å². The molecule has 3 heteroatoms. The Balaban J connectivity index is 2.13. The minimum Gasteiger partial charge on any atom is -0.376 e. The second kappa shape index (κ2) is 8.40. The highest BCUT2D eigenvalue weighted by Gasteiger charge is 2.23. The Hall–Kier alpha value is -1.06. The molecule has 0 aromatic heterocycles. The van der Waals surface area contributed by atoms with Crippen molar-refractivity contribution in [2.24, 2.45) is 0 Å². The largest absolute Gasteiger partial charge is 0.376 e. The lowest BCUT2D eigenvalue weighted by Gasteiger charge is -2.36. The molecule has 1 N–H and O–H groups in total. The van der Waals surface area contributed by atoms with Crippen LogP contribution in [0.25, 0.3) is 0 Å². The van der Waals surface area contributed by atoms with Gasteiger partial charge in [0.25, 0.3) is 0 Å². The highest BCUT2D eigenvalue weighted by Crippen LogP contribution is 2.30. The van der Waals surface area contributed by atoms with E-state index in [9.17, 15) is 0 Å². The van der Waals surface area contributed by atoms with Crippen LogP contribution in [0.15, 0.2) is 24.3 Å². The lowest BCUT2D eigenvalue weighted by molar-refractivity contribution is 0.0440. The predicted octanol–water partition coefficient (Wildman–Crippen LogP) is 3.75. The summed E-state index contributed by atoms with van der Waals surface area (Å²) in [6, 6.07) is 9.25. The molecular formula is C18H30N2O. The van der Waals surface area contributed by atoms with Gasteiger partial charge in [0, 0.05) is 31.4 Å². The normalized spacial score (nSPS) is 20.5. The molecule has 118 valence electrons. The van der Waals surface area contributed by atoms with Crippen molar-refractivity contribution in [3.63, 3.8) is 0 Å². The molecule has 0 radical (unpaired) electrons. The van der Waals surface area contributed by atoms with Gasteiger partial charge in [-0.1, -0.05) is 32.0 Å². The number of anilines is 1. The van der Waals surface area contributed by atoms with Crippen molar-refractivity contribution in [3.05, 3.63) is 29.8 Å². The first-order valence-corrected chi connectivity index (χ1v) is 8.42. The Morgan fingerprint density at radius 2 is 2.14 bits per heavy atom. The standard InChI is InChI=1S/C18H30N2O/c1-4-13-21-15-9-8-12-20(14-15)18-11-7-6-10-16(18)17(5-2)19-3/h6-7,10-11,15,17,19H,4-5,8-9,12-14H2,1-3H3. The van der Waals surface area contributed by atoms with Gasteiger partial charge in [-0.3, -0.25) is 0 Å². The van der Waals surface area contributed by atoms with Crippen LogP contribution in [0.1, 0.15) is 51.1 Å². The fourth-order valence-electron chi connectivity index (χ4n) is 3.23. The van der Waals surface area contributed by atoms with Gasteiger partial charge in [-0.2, -0.15) is 0 Å². The predicted molar refractivity (Wildman–Crippen MR) is 90.0 cm³/mol. The van der Waals surface area contributed by atoms with Crippen molar-refractivity contribution in [3.8, 4) is 0 Å². The minimum absolute atomic E-state index is 0.390. The van der Waals surface area contributed by atoms with Crippen molar-refractivity contribution in [2.75, 3.05) is 31.6 Å². The van der Waals surface area contributed by atoms with Gasteiger partial charge in [0.1, 0.15) is 0 Å². The number of hydrogen-bond acceptors (Lipinski definition) is 3. The zero-order chi connectivity index (χ0) is 15.1. The van der Waals surface area contributed by atoms with E-state index in [-0.39, 0.29) is 0 Å². The molecule has 1 heterocycles. The number of hydrogen-bond donors (Lipinski definition) is 1. The van der Waals surface area contributed by atoms with Crippen LogP contribution >= 0.6 is 0 Å². The van der Waals surface area contributed by atoms with Crippen LogP contribution in [0.3, 0.4) is 0 Å². The summed E-state index contributed by atoms with van der Waals surface area (Å²) in [5.74, 6) is 0. The SMILES string of the molecule is CCCOC1CCCN(c2ccccc2C(CC)NC)C1. The molecule has 3 nitrogen and oxygen atoms in total. The number of nitrogens with zero attached hydrogens (tertiary/aromatic N) is 1. The highest BCUT2D eigenvalue weighted by molar-refractivity contribution is 5.55. The fourth-order valence-corrected chi connectivity index (χ4v) is 3.23. The van der Waals surface area contributed by atoms with Gasteiger partial charge in [-0.25, -0.2) is 0 Å². The van der Waals surface area contributed by atoms with Crippen molar-refractivity contribution in [1.29, 1.82) is 0 Å². The van der Waals surface area contributed by atoms with E-state index >= 15 is 0 Å². The third kappa shape index (κ3) is 4.21. The first kappa shape index (κ1) is 16.3.